The van der Waals surface area contributed by atoms with E-state index in [1.54, 1.807) is 5.19 Å². The van der Waals surface area contributed by atoms with E-state index in [9.17, 15) is 0 Å². The van der Waals surface area contributed by atoms with Crippen molar-refractivity contribution in [3.63, 3.8) is 0 Å². The van der Waals surface area contributed by atoms with E-state index in [2.05, 4.69) is 91.0 Å². The molecule has 3 rings (SSSR count). The van der Waals surface area contributed by atoms with Crippen LogP contribution in [0.5, 0.6) is 0 Å². The van der Waals surface area contributed by atoms with Gasteiger partial charge in [0, 0.05) is 16.1 Å². The summed E-state index contributed by atoms with van der Waals surface area (Å²) < 4.78 is 5.91. The Kier molecular flexibility index (Phi) is 8.58. The van der Waals surface area contributed by atoms with E-state index < -0.39 is 0 Å². The van der Waals surface area contributed by atoms with Gasteiger partial charge in [-0.15, -0.1) is 0 Å². The lowest BCUT2D eigenvalue weighted by Gasteiger charge is -2.16. The van der Waals surface area contributed by atoms with Crippen LogP contribution in [0.15, 0.2) is 91.0 Å². The molecule has 0 aliphatic heterocycles. The maximum absolute atomic E-state index is 5.91. The molecule has 0 fully saturated rings. The number of rotatable bonds is 11. The van der Waals surface area contributed by atoms with E-state index in [0.29, 0.717) is 0 Å². The van der Waals surface area contributed by atoms with Crippen molar-refractivity contribution in [2.75, 3.05) is 6.61 Å². The van der Waals surface area contributed by atoms with Crippen LogP contribution in [0.3, 0.4) is 0 Å². The summed E-state index contributed by atoms with van der Waals surface area (Å²) in [7, 11) is -0.288. The van der Waals surface area contributed by atoms with Crippen LogP contribution in [0.4, 0.5) is 0 Å². The molecule has 1 unspecified atom stereocenters. The molecule has 0 aliphatic carbocycles. The van der Waals surface area contributed by atoms with Gasteiger partial charge in [-0.3, -0.25) is 0 Å². The van der Waals surface area contributed by atoms with Gasteiger partial charge in [0.05, 0.1) is 16.1 Å². The van der Waals surface area contributed by atoms with Crippen LogP contribution in [0.1, 0.15) is 24.0 Å². The first-order valence-electron chi connectivity index (χ1n) is 10.1. The lowest BCUT2D eigenvalue weighted by molar-refractivity contribution is 0.117. The summed E-state index contributed by atoms with van der Waals surface area (Å²) in [5.41, 5.74) is 2.79. The van der Waals surface area contributed by atoms with E-state index in [1.165, 1.54) is 30.0 Å². The van der Waals surface area contributed by atoms with Crippen molar-refractivity contribution in [1.82, 2.24) is 0 Å². The van der Waals surface area contributed by atoms with Crippen LogP contribution in [0, 0.1) is 0 Å². The minimum absolute atomic E-state index is 0.0956. The molecule has 3 aromatic rings. The average molecular weight is 391 g/mol. The topological polar surface area (TPSA) is 9.23 Å². The molecule has 27 heavy (non-hydrogen) atoms. The predicted molar refractivity (Wildman–Crippen MR) is 122 cm³/mol. The number of hydrogen-bond donors (Lipinski definition) is 0. The second kappa shape index (κ2) is 11.7. The fraction of sp³-hybridized carbons (Fsp3) is 0.250. The van der Waals surface area contributed by atoms with Crippen LogP contribution in [0.2, 0.25) is 5.16 Å². The molecular formula is C24H30OSi2. The number of hydrogen-bond acceptors (Lipinski definition) is 1. The number of ether oxygens (including phenoxy) is 1. The minimum atomic E-state index is -0.192. The Hall–Kier alpha value is -1.95. The highest BCUT2D eigenvalue weighted by molar-refractivity contribution is 6.67. The maximum atomic E-state index is 5.91. The van der Waals surface area contributed by atoms with E-state index >= 15 is 0 Å². The Balaban J connectivity index is 1.45. The quantitative estimate of drug-likeness (QED) is 0.359. The van der Waals surface area contributed by atoms with Gasteiger partial charge in [0.2, 0.25) is 0 Å². The zero-order chi connectivity index (χ0) is 18.6. The van der Waals surface area contributed by atoms with Crippen molar-refractivity contribution in [2.24, 2.45) is 0 Å². The smallest absolute Gasteiger partial charge is 0.0716 e. The lowest BCUT2D eigenvalue weighted by Crippen LogP contribution is -2.24. The molecule has 0 radical (unpaired) electrons. The van der Waals surface area contributed by atoms with Crippen molar-refractivity contribution < 1.29 is 4.74 Å². The highest BCUT2D eigenvalue weighted by atomic mass is 28.3. The van der Waals surface area contributed by atoms with Gasteiger partial charge in [0.15, 0.2) is 0 Å². The lowest BCUT2D eigenvalue weighted by atomic mass is 10.2. The van der Waals surface area contributed by atoms with Gasteiger partial charge in [-0.05, 0) is 18.0 Å². The monoisotopic (exact) mass is 390 g/mol. The van der Waals surface area contributed by atoms with E-state index in [-0.39, 0.29) is 19.0 Å². The summed E-state index contributed by atoms with van der Waals surface area (Å²) in [5.74, 6) is 0. The van der Waals surface area contributed by atoms with Gasteiger partial charge in [0.1, 0.15) is 0 Å². The first-order valence-corrected chi connectivity index (χ1v) is 13.4. The molecule has 0 amide bonds. The minimum Gasteiger partial charge on any atom is -0.377 e. The van der Waals surface area contributed by atoms with Crippen molar-refractivity contribution in [3.05, 3.63) is 102 Å². The van der Waals surface area contributed by atoms with Crippen LogP contribution in [-0.4, -0.2) is 25.6 Å². The van der Waals surface area contributed by atoms with Crippen molar-refractivity contribution in [2.45, 2.75) is 30.7 Å². The van der Waals surface area contributed by atoms with E-state index in [1.807, 2.05) is 0 Å². The SMILES string of the molecule is c1ccc(COCCCC([SiH2]Cc2ccccc2)[SiH2]c2ccccc2)cc1. The standard InChI is InChI=1S/C24H30OSi2/c1-4-11-21(12-5-1)19-25-18-10-17-24(27-23-15-8-3-9-16-23)26-20-22-13-6-2-7-14-22/h1-9,11-16,24H,10,17-20,26-27H2. The zero-order valence-corrected chi connectivity index (χ0v) is 18.9. The molecule has 3 aromatic carbocycles. The molecule has 0 spiro atoms. The van der Waals surface area contributed by atoms with Crippen LogP contribution >= 0.6 is 0 Å². The Morgan fingerprint density at radius 2 is 1.30 bits per heavy atom. The summed E-state index contributed by atoms with van der Waals surface area (Å²) in [6, 6.07) is 34.0. The first-order chi connectivity index (χ1) is 13.4. The predicted octanol–water partition coefficient (Wildman–Crippen LogP) is 3.59. The summed E-state index contributed by atoms with van der Waals surface area (Å²) in [6.45, 7) is 1.62. The van der Waals surface area contributed by atoms with Gasteiger partial charge in [-0.25, -0.2) is 0 Å². The fourth-order valence-corrected chi connectivity index (χ4v) is 9.33. The molecule has 0 saturated carbocycles. The van der Waals surface area contributed by atoms with E-state index in [4.69, 9.17) is 4.74 Å². The molecule has 3 heteroatoms. The molecule has 0 aromatic heterocycles. The third kappa shape index (κ3) is 7.67. The average Bonchev–Trinajstić information content (AvgIpc) is 2.74. The maximum Gasteiger partial charge on any atom is 0.0716 e. The first kappa shape index (κ1) is 19.8. The Morgan fingerprint density at radius 3 is 1.96 bits per heavy atom. The largest absolute Gasteiger partial charge is 0.377 e. The summed E-state index contributed by atoms with van der Waals surface area (Å²) in [4.78, 5) is 0. The zero-order valence-electron chi connectivity index (χ0n) is 16.1. The molecule has 140 valence electrons. The van der Waals surface area contributed by atoms with Gasteiger partial charge in [0.25, 0.3) is 0 Å². The molecular weight excluding hydrogens is 360 g/mol. The Bertz CT molecular complexity index is 747. The van der Waals surface area contributed by atoms with Gasteiger partial charge >= 0.3 is 0 Å². The highest BCUT2D eigenvalue weighted by Gasteiger charge is 2.11. The van der Waals surface area contributed by atoms with Crippen molar-refractivity contribution >= 4 is 24.2 Å². The van der Waals surface area contributed by atoms with Gasteiger partial charge in [-0.2, -0.15) is 0 Å². The number of benzene rings is 3. The summed E-state index contributed by atoms with van der Waals surface area (Å²) >= 11 is 0. The molecule has 0 heterocycles. The second-order valence-electron chi connectivity index (χ2n) is 7.26. The normalized spacial score (nSPS) is 12.9. The Labute approximate surface area is 168 Å². The van der Waals surface area contributed by atoms with Crippen molar-refractivity contribution in [3.8, 4) is 0 Å². The molecule has 0 bridgehead atoms. The highest BCUT2D eigenvalue weighted by Crippen LogP contribution is 2.14. The van der Waals surface area contributed by atoms with Gasteiger partial charge in [-0.1, -0.05) is 113 Å². The molecule has 0 saturated heterocycles. The van der Waals surface area contributed by atoms with Crippen molar-refractivity contribution in [1.29, 1.82) is 0 Å². The summed E-state index contributed by atoms with van der Waals surface area (Å²) in [5, 5.41) is 2.60. The van der Waals surface area contributed by atoms with Crippen LogP contribution in [0.25, 0.3) is 0 Å². The third-order valence-electron chi connectivity index (χ3n) is 5.06. The van der Waals surface area contributed by atoms with Crippen LogP contribution in [-0.2, 0) is 17.4 Å². The van der Waals surface area contributed by atoms with E-state index in [0.717, 1.165) is 18.4 Å². The fourth-order valence-electron chi connectivity index (χ4n) is 3.55. The molecule has 1 atom stereocenters. The third-order valence-corrected chi connectivity index (χ3v) is 11.2. The molecule has 0 N–H and O–H groups in total. The van der Waals surface area contributed by atoms with Crippen LogP contribution < -0.4 is 5.19 Å². The summed E-state index contributed by atoms with van der Waals surface area (Å²) in [6.07, 6.45) is 2.54. The second-order valence-corrected chi connectivity index (χ2v) is 13.0. The molecule has 0 aliphatic rings. The Morgan fingerprint density at radius 1 is 0.704 bits per heavy atom. The molecule has 1 nitrogen and oxygen atoms in total. The van der Waals surface area contributed by atoms with Gasteiger partial charge < -0.3 is 4.74 Å².